The molecule has 7 aromatic carbocycles. The number of aryl methyl sites for hydroxylation is 1. The molecule has 0 spiro atoms. The average Bonchev–Trinajstić information content (AvgIpc) is 3.70. The number of phenolic OH excluding ortho intramolecular Hbond substituents is 1. The topological polar surface area (TPSA) is 50.9 Å². The molecule has 9 rings (SSSR count). The van der Waals surface area contributed by atoms with Crippen LogP contribution in [0.5, 0.6) is 5.75 Å². The molecule has 9 aromatic rings. The Balaban J connectivity index is 1.30. The third kappa shape index (κ3) is 8.54. The quantitative estimate of drug-likeness (QED) is 0.174. The van der Waals surface area contributed by atoms with E-state index in [2.05, 4.69) is 176 Å². The number of imidazole rings is 1. The first kappa shape index (κ1) is 39.5. The van der Waals surface area contributed by atoms with Crippen molar-refractivity contribution in [3.8, 4) is 78.6 Å². The molecule has 324 valence electrons. The lowest BCUT2D eigenvalue weighted by Crippen LogP contribution is -2.17. The molecule has 0 saturated heterocycles. The Kier molecular flexibility index (Phi) is 10.0. The van der Waals surface area contributed by atoms with Crippen LogP contribution in [0, 0.1) is 6.85 Å². The summed E-state index contributed by atoms with van der Waals surface area (Å²) < 4.78 is 27.3. The van der Waals surface area contributed by atoms with Crippen LogP contribution in [0.4, 0.5) is 0 Å². The van der Waals surface area contributed by atoms with Gasteiger partial charge in [0.2, 0.25) is 0 Å². The van der Waals surface area contributed by atoms with Gasteiger partial charge in [0.05, 0.1) is 28.0 Å². The number of aromatic hydroxyl groups is 1. The molecular weight excluding hydrogens is 791 g/mol. The molecule has 1 N–H and O–H groups in total. The van der Waals surface area contributed by atoms with Gasteiger partial charge in [-0.25, -0.2) is 4.98 Å². The van der Waals surface area contributed by atoms with Gasteiger partial charge >= 0.3 is 0 Å². The molecule has 0 radical (unpaired) electrons. The zero-order valence-corrected chi connectivity index (χ0v) is 39.0. The molecule has 0 bridgehead atoms. The van der Waals surface area contributed by atoms with Crippen LogP contribution in [-0.2, 0) is 16.2 Å². The molecule has 0 saturated carbocycles. The standard InChI is InChI=1S/C61H59N3O/c1-39-24-29-54(50(32-39)43-20-15-12-16-21-43)64-55-23-17-22-49(56(55)63-58(64)51-37-48(60(5,6)7)38-52(57(51)65)61(8,9)10)45-33-46(35-47(34-45)59(2,3)4)53-36-44(30-31-62-53)42-27-25-41(26-28-42)40-18-13-11-14-19-40/h11-38,65H,1-10H3/i1D3. The lowest BCUT2D eigenvalue weighted by Gasteiger charge is -2.27. The Hall–Kier alpha value is -7.04. The first-order chi connectivity index (χ1) is 32.1. The van der Waals surface area contributed by atoms with Crippen LogP contribution in [0.3, 0.4) is 0 Å². The predicted molar refractivity (Wildman–Crippen MR) is 274 cm³/mol. The second-order valence-electron chi connectivity index (χ2n) is 20.4. The Morgan fingerprint density at radius 3 is 1.74 bits per heavy atom. The molecule has 0 aliphatic heterocycles. The van der Waals surface area contributed by atoms with Crippen LogP contribution >= 0.6 is 0 Å². The zero-order valence-electron chi connectivity index (χ0n) is 42.0. The third-order valence-corrected chi connectivity index (χ3v) is 12.5. The molecular formula is C61H59N3O. The van der Waals surface area contributed by atoms with Crippen molar-refractivity contribution >= 4 is 11.0 Å². The van der Waals surface area contributed by atoms with Crippen LogP contribution in [0.15, 0.2) is 170 Å². The Morgan fingerprint density at radius 2 is 1.09 bits per heavy atom. The normalized spacial score (nSPS) is 13.1. The number of fused-ring (bicyclic) bond motifs is 1. The molecule has 0 atom stereocenters. The van der Waals surface area contributed by atoms with Crippen molar-refractivity contribution in [1.82, 2.24) is 14.5 Å². The lowest BCUT2D eigenvalue weighted by atomic mass is 9.79. The highest BCUT2D eigenvalue weighted by Gasteiger charge is 2.29. The van der Waals surface area contributed by atoms with Gasteiger partial charge in [-0.05, 0) is 116 Å². The molecule has 2 aromatic heterocycles. The predicted octanol–water partition coefficient (Wildman–Crippen LogP) is 16.3. The van der Waals surface area contributed by atoms with Gasteiger partial charge in [0.15, 0.2) is 0 Å². The van der Waals surface area contributed by atoms with Crippen LogP contribution in [0.25, 0.3) is 83.9 Å². The Labute approximate surface area is 389 Å². The third-order valence-electron chi connectivity index (χ3n) is 12.5. The van der Waals surface area contributed by atoms with E-state index in [-0.39, 0.29) is 27.6 Å². The van der Waals surface area contributed by atoms with Gasteiger partial charge < -0.3 is 5.11 Å². The molecule has 0 unspecified atom stereocenters. The monoisotopic (exact) mass is 852 g/mol. The maximum atomic E-state index is 12.5. The summed E-state index contributed by atoms with van der Waals surface area (Å²) in [5.41, 5.74) is 15.3. The molecule has 0 fully saturated rings. The van der Waals surface area contributed by atoms with E-state index in [1.54, 1.807) is 12.1 Å². The van der Waals surface area contributed by atoms with Gasteiger partial charge in [-0.15, -0.1) is 0 Å². The highest BCUT2D eigenvalue weighted by Crippen LogP contribution is 2.46. The smallest absolute Gasteiger partial charge is 0.149 e. The van der Waals surface area contributed by atoms with E-state index in [1.807, 2.05) is 48.7 Å². The van der Waals surface area contributed by atoms with Crippen LogP contribution in [-0.4, -0.2) is 19.6 Å². The summed E-state index contributed by atoms with van der Waals surface area (Å²) in [6, 6.07) is 55.8. The van der Waals surface area contributed by atoms with Crippen molar-refractivity contribution < 1.29 is 9.22 Å². The van der Waals surface area contributed by atoms with E-state index in [4.69, 9.17) is 14.1 Å². The molecule has 4 heteroatoms. The molecule has 65 heavy (non-hydrogen) atoms. The number of rotatable bonds is 7. The van der Waals surface area contributed by atoms with E-state index >= 15 is 0 Å². The highest BCUT2D eigenvalue weighted by atomic mass is 16.3. The summed E-state index contributed by atoms with van der Waals surface area (Å²) in [6.07, 6.45) is 1.89. The molecule has 4 nitrogen and oxygen atoms in total. The minimum Gasteiger partial charge on any atom is -0.507 e. The van der Waals surface area contributed by atoms with Gasteiger partial charge in [0.1, 0.15) is 11.6 Å². The number of para-hydroxylation sites is 1. The van der Waals surface area contributed by atoms with E-state index in [9.17, 15) is 5.11 Å². The van der Waals surface area contributed by atoms with E-state index in [1.165, 1.54) is 11.1 Å². The van der Waals surface area contributed by atoms with Crippen molar-refractivity contribution in [2.45, 2.75) is 85.4 Å². The number of nitrogens with zero attached hydrogens (tertiary/aromatic N) is 3. The van der Waals surface area contributed by atoms with Crippen molar-refractivity contribution in [1.29, 1.82) is 0 Å². The van der Waals surface area contributed by atoms with E-state index in [0.717, 1.165) is 78.0 Å². The summed E-state index contributed by atoms with van der Waals surface area (Å²) in [5.74, 6) is 0.724. The maximum Gasteiger partial charge on any atom is 0.149 e. The minimum atomic E-state index is -2.33. The summed E-state index contributed by atoms with van der Waals surface area (Å²) >= 11 is 0. The van der Waals surface area contributed by atoms with Crippen LogP contribution < -0.4 is 0 Å². The van der Waals surface area contributed by atoms with Crippen molar-refractivity contribution in [3.63, 3.8) is 0 Å². The SMILES string of the molecule is [2H]C([2H])([2H])c1ccc(-n2c(-c3cc(C(C)(C)C)cc(C(C)(C)C)c3O)nc3c(-c4cc(-c5cc(-c6ccc(-c7ccccc7)cc6)ccn5)cc(C(C)(C)C)c4)cccc32)c(-c2ccccc2)c1. The second-order valence-corrected chi connectivity index (χ2v) is 20.4. The number of hydrogen-bond donors (Lipinski definition) is 1. The fourth-order valence-corrected chi connectivity index (χ4v) is 8.76. The first-order valence-corrected chi connectivity index (χ1v) is 22.5. The van der Waals surface area contributed by atoms with Gasteiger partial charge in [0, 0.05) is 32.6 Å². The van der Waals surface area contributed by atoms with E-state index < -0.39 is 6.85 Å². The Morgan fingerprint density at radius 1 is 0.477 bits per heavy atom. The van der Waals surface area contributed by atoms with Crippen molar-refractivity contribution in [3.05, 3.63) is 192 Å². The maximum absolute atomic E-state index is 12.5. The summed E-state index contributed by atoms with van der Waals surface area (Å²) in [5, 5.41) is 12.5. The van der Waals surface area contributed by atoms with Crippen molar-refractivity contribution in [2.24, 2.45) is 0 Å². The fourth-order valence-electron chi connectivity index (χ4n) is 8.76. The summed E-state index contributed by atoms with van der Waals surface area (Å²) in [7, 11) is 0. The van der Waals surface area contributed by atoms with Gasteiger partial charge in [-0.1, -0.05) is 183 Å². The average molecular weight is 853 g/mol. The molecule has 2 heterocycles. The fraction of sp³-hybridized carbons (Fsp3) is 0.213. The van der Waals surface area contributed by atoms with Crippen molar-refractivity contribution in [2.75, 3.05) is 0 Å². The van der Waals surface area contributed by atoms with Crippen LogP contribution in [0.1, 0.15) is 88.7 Å². The zero-order chi connectivity index (χ0) is 48.3. The number of aromatic nitrogens is 3. The van der Waals surface area contributed by atoms with E-state index in [0.29, 0.717) is 11.4 Å². The minimum absolute atomic E-state index is 0.168. The summed E-state index contributed by atoms with van der Waals surface area (Å²) in [4.78, 5) is 10.6. The second kappa shape index (κ2) is 16.5. The highest BCUT2D eigenvalue weighted by molar-refractivity contribution is 5.98. The number of hydrogen-bond acceptors (Lipinski definition) is 3. The number of benzene rings is 7. The molecule has 0 aliphatic rings. The van der Waals surface area contributed by atoms with Gasteiger partial charge in [0.25, 0.3) is 0 Å². The lowest BCUT2D eigenvalue weighted by molar-refractivity contribution is 0.446. The number of phenols is 1. The van der Waals surface area contributed by atoms with Gasteiger partial charge in [-0.3, -0.25) is 9.55 Å². The first-order valence-electron chi connectivity index (χ1n) is 24.0. The summed E-state index contributed by atoms with van der Waals surface area (Å²) in [6.45, 7) is 17.3. The molecule has 0 amide bonds. The largest absolute Gasteiger partial charge is 0.507 e. The Bertz CT molecular complexity index is 3310. The van der Waals surface area contributed by atoms with Gasteiger partial charge in [-0.2, -0.15) is 0 Å². The van der Waals surface area contributed by atoms with Crippen LogP contribution in [0.2, 0.25) is 0 Å². The number of pyridine rings is 1. The molecule has 0 aliphatic carbocycles.